The Hall–Kier alpha value is -1.84. The minimum absolute atomic E-state index is 0.0485. The van der Waals surface area contributed by atoms with Gasteiger partial charge < -0.3 is 9.84 Å². The molecule has 0 radical (unpaired) electrons. The summed E-state index contributed by atoms with van der Waals surface area (Å²) >= 11 is 0. The van der Waals surface area contributed by atoms with Gasteiger partial charge in [-0.25, -0.2) is 9.59 Å². The number of rotatable bonds is 17. The molecule has 0 aliphatic heterocycles. The molecule has 0 aliphatic carbocycles. The van der Waals surface area contributed by atoms with Crippen molar-refractivity contribution in [2.24, 2.45) is 5.92 Å². The van der Waals surface area contributed by atoms with E-state index in [0.29, 0.717) is 5.56 Å². The van der Waals surface area contributed by atoms with Gasteiger partial charge in [0.25, 0.3) is 0 Å². The fourth-order valence-corrected chi connectivity index (χ4v) is 3.65. The van der Waals surface area contributed by atoms with E-state index in [2.05, 4.69) is 20.8 Å². The second kappa shape index (κ2) is 15.9. The number of aromatic carboxylic acids is 1. The van der Waals surface area contributed by atoms with E-state index in [9.17, 15) is 9.59 Å². The Morgan fingerprint density at radius 2 is 1.23 bits per heavy atom. The number of hydrogen-bond donors (Lipinski definition) is 1. The Morgan fingerprint density at radius 3 is 1.73 bits per heavy atom. The van der Waals surface area contributed by atoms with Gasteiger partial charge in [0.2, 0.25) is 0 Å². The van der Waals surface area contributed by atoms with Crippen LogP contribution in [0.2, 0.25) is 0 Å². The Bertz CT molecular complexity index is 592. The number of carbonyl (C=O) groups excluding carboxylic acids is 1. The van der Waals surface area contributed by atoms with Crippen LogP contribution in [0.15, 0.2) is 24.3 Å². The number of hydrogen-bond acceptors (Lipinski definition) is 3. The Kier molecular flexibility index (Phi) is 13.9. The molecule has 4 nitrogen and oxygen atoms in total. The zero-order valence-electron chi connectivity index (χ0n) is 19.3. The minimum Gasteiger partial charge on any atom is -0.478 e. The molecule has 1 rings (SSSR count). The predicted octanol–water partition coefficient (Wildman–Crippen LogP) is 7.66. The van der Waals surface area contributed by atoms with E-state index in [1.807, 2.05) is 0 Å². The summed E-state index contributed by atoms with van der Waals surface area (Å²) in [6.07, 6.45) is 15.5. The van der Waals surface area contributed by atoms with Crippen LogP contribution < -0.4 is 0 Å². The van der Waals surface area contributed by atoms with E-state index < -0.39 is 5.97 Å². The van der Waals surface area contributed by atoms with Crippen molar-refractivity contribution in [3.8, 4) is 0 Å². The molecule has 0 amide bonds. The molecular formula is C26H42O4. The first-order valence-electron chi connectivity index (χ1n) is 12.0. The third-order valence-corrected chi connectivity index (χ3v) is 5.58. The number of esters is 1. The first-order valence-corrected chi connectivity index (χ1v) is 12.0. The summed E-state index contributed by atoms with van der Waals surface area (Å²) in [5, 5.41) is 8.97. The van der Waals surface area contributed by atoms with Gasteiger partial charge >= 0.3 is 11.9 Å². The quantitative estimate of drug-likeness (QED) is 0.208. The van der Waals surface area contributed by atoms with Crippen molar-refractivity contribution < 1.29 is 19.4 Å². The average molecular weight is 419 g/mol. The highest BCUT2D eigenvalue weighted by molar-refractivity contribution is 5.92. The van der Waals surface area contributed by atoms with Crippen LogP contribution in [-0.2, 0) is 4.74 Å². The van der Waals surface area contributed by atoms with Crippen LogP contribution in [0.4, 0.5) is 0 Å². The number of carboxylic acids is 1. The van der Waals surface area contributed by atoms with E-state index in [1.165, 1.54) is 75.6 Å². The average Bonchev–Trinajstić information content (AvgIpc) is 2.72. The Balaban J connectivity index is 2.27. The summed E-state index contributed by atoms with van der Waals surface area (Å²) in [6, 6.07) is 5.96. The number of carboxylic acid groups (broad SMARTS) is 1. The third kappa shape index (κ3) is 12.0. The highest BCUT2D eigenvalue weighted by Gasteiger charge is 2.16. The first-order chi connectivity index (χ1) is 14.4. The fourth-order valence-electron chi connectivity index (χ4n) is 3.65. The van der Waals surface area contributed by atoms with Crippen molar-refractivity contribution in [1.29, 1.82) is 0 Å². The van der Waals surface area contributed by atoms with Gasteiger partial charge in [-0.3, -0.25) is 0 Å². The number of ether oxygens (including phenoxy) is 1. The van der Waals surface area contributed by atoms with Crippen LogP contribution in [0.25, 0.3) is 0 Å². The highest BCUT2D eigenvalue weighted by atomic mass is 16.5. The summed E-state index contributed by atoms with van der Waals surface area (Å²) in [7, 11) is 0. The summed E-state index contributed by atoms with van der Waals surface area (Å²) in [5.41, 5.74) is 0.591. The van der Waals surface area contributed by atoms with Gasteiger partial charge in [-0.1, -0.05) is 85.0 Å². The van der Waals surface area contributed by atoms with Crippen molar-refractivity contribution in [3.05, 3.63) is 35.4 Å². The fraction of sp³-hybridized carbons (Fsp3) is 0.692. The minimum atomic E-state index is -0.994. The summed E-state index contributed by atoms with van der Waals surface area (Å²) in [6.45, 7) is 6.73. The van der Waals surface area contributed by atoms with Crippen molar-refractivity contribution >= 4 is 11.9 Å². The topological polar surface area (TPSA) is 63.6 Å². The van der Waals surface area contributed by atoms with Crippen LogP contribution in [0.3, 0.4) is 0 Å². The predicted molar refractivity (Wildman–Crippen MR) is 123 cm³/mol. The van der Waals surface area contributed by atoms with Gasteiger partial charge in [0.05, 0.1) is 11.1 Å². The Labute approximate surface area is 183 Å². The van der Waals surface area contributed by atoms with Crippen molar-refractivity contribution in [2.75, 3.05) is 0 Å². The molecule has 0 bridgehead atoms. The molecule has 0 saturated carbocycles. The van der Waals surface area contributed by atoms with Crippen molar-refractivity contribution in [1.82, 2.24) is 0 Å². The Morgan fingerprint density at radius 1 is 0.767 bits per heavy atom. The van der Waals surface area contributed by atoms with Gasteiger partial charge in [-0.15, -0.1) is 0 Å². The number of unbranched alkanes of at least 4 members (excludes halogenated alkanes) is 8. The molecule has 1 unspecified atom stereocenters. The second-order valence-corrected chi connectivity index (χ2v) is 8.85. The maximum atomic E-state index is 12.4. The SMILES string of the molecule is CCCCC(CCCCCCCCCCC(C)C)OC(=O)c1ccc(C(=O)O)cc1. The summed E-state index contributed by atoms with van der Waals surface area (Å²) < 4.78 is 5.74. The van der Waals surface area contributed by atoms with Crippen LogP contribution >= 0.6 is 0 Å². The standard InChI is InChI=1S/C26H42O4/c1-4-5-15-24(16-13-11-9-7-6-8-10-12-14-21(2)3)30-26(29)23-19-17-22(18-20-23)25(27)28/h17-21,24H,4-16H2,1-3H3,(H,27,28). The lowest BCUT2D eigenvalue weighted by molar-refractivity contribution is 0.0249. The van der Waals surface area contributed by atoms with E-state index >= 15 is 0 Å². The lowest BCUT2D eigenvalue weighted by Crippen LogP contribution is -2.18. The number of benzene rings is 1. The van der Waals surface area contributed by atoms with Gasteiger partial charge in [-0.05, 0) is 49.4 Å². The molecule has 1 aromatic rings. The van der Waals surface area contributed by atoms with E-state index in [4.69, 9.17) is 9.84 Å². The van der Waals surface area contributed by atoms with E-state index in [1.54, 1.807) is 0 Å². The molecule has 4 heteroatoms. The van der Waals surface area contributed by atoms with Crippen molar-refractivity contribution in [3.63, 3.8) is 0 Å². The second-order valence-electron chi connectivity index (χ2n) is 8.85. The van der Waals surface area contributed by atoms with E-state index in [-0.39, 0.29) is 17.6 Å². The first kappa shape index (κ1) is 26.2. The molecular weight excluding hydrogens is 376 g/mol. The van der Waals surface area contributed by atoms with Crippen LogP contribution in [0.5, 0.6) is 0 Å². The molecule has 0 fully saturated rings. The molecule has 0 aromatic heterocycles. The van der Waals surface area contributed by atoms with E-state index in [0.717, 1.165) is 38.0 Å². The number of carbonyl (C=O) groups is 2. The molecule has 0 spiro atoms. The summed E-state index contributed by atoms with van der Waals surface area (Å²) in [4.78, 5) is 23.4. The van der Waals surface area contributed by atoms with Crippen molar-refractivity contribution in [2.45, 2.75) is 110 Å². The monoisotopic (exact) mass is 418 g/mol. The molecule has 1 atom stereocenters. The largest absolute Gasteiger partial charge is 0.478 e. The molecule has 170 valence electrons. The molecule has 0 heterocycles. The summed E-state index contributed by atoms with van der Waals surface area (Å²) in [5.74, 6) is -0.524. The van der Waals surface area contributed by atoms with Gasteiger partial charge in [-0.2, -0.15) is 0 Å². The smallest absolute Gasteiger partial charge is 0.338 e. The molecule has 1 N–H and O–H groups in total. The molecule has 0 saturated heterocycles. The molecule has 30 heavy (non-hydrogen) atoms. The zero-order valence-corrected chi connectivity index (χ0v) is 19.3. The van der Waals surface area contributed by atoms with Crippen LogP contribution in [0, 0.1) is 5.92 Å². The maximum Gasteiger partial charge on any atom is 0.338 e. The zero-order chi connectivity index (χ0) is 22.2. The lowest BCUT2D eigenvalue weighted by Gasteiger charge is -2.18. The van der Waals surface area contributed by atoms with Gasteiger partial charge in [0, 0.05) is 0 Å². The third-order valence-electron chi connectivity index (χ3n) is 5.58. The highest BCUT2D eigenvalue weighted by Crippen LogP contribution is 2.18. The molecule has 1 aromatic carbocycles. The normalized spacial score (nSPS) is 12.1. The molecule has 0 aliphatic rings. The van der Waals surface area contributed by atoms with Gasteiger partial charge in [0.15, 0.2) is 0 Å². The van der Waals surface area contributed by atoms with Crippen LogP contribution in [-0.4, -0.2) is 23.1 Å². The van der Waals surface area contributed by atoms with Crippen LogP contribution in [0.1, 0.15) is 125 Å². The maximum absolute atomic E-state index is 12.4. The lowest BCUT2D eigenvalue weighted by atomic mass is 10.0. The van der Waals surface area contributed by atoms with Gasteiger partial charge in [0.1, 0.15) is 6.10 Å².